The van der Waals surface area contributed by atoms with Crippen LogP contribution in [-0.4, -0.2) is 52.2 Å². The quantitative estimate of drug-likeness (QED) is 0.414. The van der Waals surface area contributed by atoms with Crippen LogP contribution in [-0.2, 0) is 19.4 Å². The summed E-state index contributed by atoms with van der Waals surface area (Å²) in [7, 11) is -3.44. The van der Waals surface area contributed by atoms with Gasteiger partial charge in [-0.3, -0.25) is 0 Å². The standard InChI is InChI=1S/C26H27N5O4S/c1-36(33,34)23-5-3-2-4-21(23)29-24-16-18-10-11-27-22(17-32)25(18)26(30-24)28-19-6-8-20(9-7-19)31-12-14-35-15-13-31/h2-11,16-17,22,27H,12-15H2,1H3,(H2,28,29,30). The van der Waals surface area contributed by atoms with Crippen LogP contribution in [0.4, 0.5) is 28.7 Å². The minimum atomic E-state index is -3.44. The van der Waals surface area contributed by atoms with E-state index in [1.807, 2.05) is 30.3 Å². The molecule has 1 atom stereocenters. The Morgan fingerprint density at radius 1 is 1.08 bits per heavy atom. The molecule has 1 aromatic heterocycles. The van der Waals surface area contributed by atoms with Gasteiger partial charge < -0.3 is 30.4 Å². The van der Waals surface area contributed by atoms with Gasteiger partial charge in [-0.05, 0) is 60.3 Å². The summed E-state index contributed by atoms with van der Waals surface area (Å²) in [5.41, 5.74) is 3.87. The summed E-state index contributed by atoms with van der Waals surface area (Å²) >= 11 is 0. The molecular weight excluding hydrogens is 478 g/mol. The maximum Gasteiger partial charge on any atom is 0.177 e. The highest BCUT2D eigenvalue weighted by Crippen LogP contribution is 2.34. The first kappa shape index (κ1) is 23.8. The lowest BCUT2D eigenvalue weighted by Gasteiger charge is -2.29. The Kier molecular flexibility index (Phi) is 6.62. The van der Waals surface area contributed by atoms with Crippen LogP contribution in [0.2, 0.25) is 0 Å². The van der Waals surface area contributed by atoms with Crippen molar-refractivity contribution in [2.24, 2.45) is 0 Å². The van der Waals surface area contributed by atoms with Gasteiger partial charge >= 0.3 is 0 Å². The number of anilines is 5. The number of carbonyl (C=O) groups is 1. The highest BCUT2D eigenvalue weighted by Gasteiger charge is 2.23. The average Bonchev–Trinajstić information content (AvgIpc) is 2.89. The zero-order valence-corrected chi connectivity index (χ0v) is 20.6. The SMILES string of the molecule is CS(=O)(=O)c1ccccc1Nc1cc2c(c(Nc3ccc(N4CCOCC4)cc3)n1)C(C=O)NC=C2. The van der Waals surface area contributed by atoms with Crippen molar-refractivity contribution in [1.29, 1.82) is 0 Å². The van der Waals surface area contributed by atoms with Crippen LogP contribution in [0.5, 0.6) is 0 Å². The van der Waals surface area contributed by atoms with E-state index in [9.17, 15) is 13.2 Å². The summed E-state index contributed by atoms with van der Waals surface area (Å²) in [5, 5.41) is 9.56. The summed E-state index contributed by atoms with van der Waals surface area (Å²) < 4.78 is 30.0. The molecule has 3 heterocycles. The topological polar surface area (TPSA) is 113 Å². The van der Waals surface area contributed by atoms with Gasteiger partial charge in [-0.25, -0.2) is 13.4 Å². The molecule has 186 valence electrons. The van der Waals surface area contributed by atoms with Gasteiger partial charge in [0.05, 0.1) is 23.8 Å². The first-order valence-corrected chi connectivity index (χ1v) is 13.5. The zero-order chi connectivity index (χ0) is 25.1. The fraction of sp³-hybridized carbons (Fsp3) is 0.231. The number of pyridine rings is 1. The number of hydrogen-bond acceptors (Lipinski definition) is 9. The number of sulfone groups is 1. The second kappa shape index (κ2) is 10.00. The van der Waals surface area contributed by atoms with E-state index < -0.39 is 15.9 Å². The van der Waals surface area contributed by atoms with Gasteiger partial charge in [0.1, 0.15) is 24.0 Å². The molecule has 1 fully saturated rings. The van der Waals surface area contributed by atoms with Gasteiger partial charge in [0.25, 0.3) is 0 Å². The van der Waals surface area contributed by atoms with Gasteiger partial charge in [0, 0.05) is 36.3 Å². The maximum atomic E-state index is 12.3. The lowest BCUT2D eigenvalue weighted by atomic mass is 9.99. The molecule has 1 unspecified atom stereocenters. The number of para-hydroxylation sites is 1. The molecule has 0 amide bonds. The van der Waals surface area contributed by atoms with Crippen LogP contribution in [0, 0.1) is 0 Å². The summed E-state index contributed by atoms with van der Waals surface area (Å²) in [6.07, 6.45) is 5.58. The first-order valence-electron chi connectivity index (χ1n) is 11.6. The number of morpholine rings is 1. The van der Waals surface area contributed by atoms with Crippen molar-refractivity contribution in [3.8, 4) is 0 Å². The van der Waals surface area contributed by atoms with Gasteiger partial charge in [-0.15, -0.1) is 0 Å². The Morgan fingerprint density at radius 2 is 1.83 bits per heavy atom. The molecule has 3 aromatic rings. The number of fused-ring (bicyclic) bond motifs is 1. The Labute approximate surface area is 210 Å². The maximum absolute atomic E-state index is 12.3. The molecule has 2 aliphatic rings. The van der Waals surface area contributed by atoms with Crippen LogP contribution < -0.4 is 20.9 Å². The molecule has 0 aliphatic carbocycles. The molecule has 10 heteroatoms. The fourth-order valence-electron chi connectivity index (χ4n) is 4.38. The number of aldehydes is 1. The van der Waals surface area contributed by atoms with Crippen molar-refractivity contribution >= 4 is 50.9 Å². The van der Waals surface area contributed by atoms with E-state index in [2.05, 4.69) is 20.9 Å². The molecular formula is C26H27N5O4S. The molecule has 2 aromatic carbocycles. The normalized spacial score (nSPS) is 17.1. The Hall–Kier alpha value is -3.89. The van der Waals surface area contributed by atoms with Crippen molar-refractivity contribution < 1.29 is 17.9 Å². The van der Waals surface area contributed by atoms with Crippen molar-refractivity contribution in [2.75, 3.05) is 48.1 Å². The third-order valence-electron chi connectivity index (χ3n) is 6.13. The Morgan fingerprint density at radius 3 is 2.56 bits per heavy atom. The van der Waals surface area contributed by atoms with Gasteiger partial charge in [0.2, 0.25) is 0 Å². The minimum absolute atomic E-state index is 0.181. The molecule has 36 heavy (non-hydrogen) atoms. The average molecular weight is 506 g/mol. The van der Waals surface area contributed by atoms with E-state index in [1.54, 1.807) is 36.5 Å². The highest BCUT2D eigenvalue weighted by atomic mass is 32.2. The minimum Gasteiger partial charge on any atom is -0.378 e. The second-order valence-corrected chi connectivity index (χ2v) is 10.6. The number of rotatable bonds is 7. The molecule has 0 saturated carbocycles. The van der Waals surface area contributed by atoms with Gasteiger partial charge in [-0.1, -0.05) is 12.1 Å². The summed E-state index contributed by atoms with van der Waals surface area (Å²) in [6, 6.07) is 16.0. The van der Waals surface area contributed by atoms with Crippen LogP contribution >= 0.6 is 0 Å². The number of ether oxygens (including phenoxy) is 1. The number of aromatic nitrogens is 1. The lowest BCUT2D eigenvalue weighted by Crippen LogP contribution is -2.36. The van der Waals surface area contributed by atoms with E-state index in [0.29, 0.717) is 36.1 Å². The van der Waals surface area contributed by atoms with E-state index in [-0.39, 0.29) is 4.90 Å². The zero-order valence-electron chi connectivity index (χ0n) is 19.8. The molecule has 2 aliphatic heterocycles. The number of hydrogen-bond donors (Lipinski definition) is 3. The van der Waals surface area contributed by atoms with Crippen molar-refractivity contribution in [3.63, 3.8) is 0 Å². The van der Waals surface area contributed by atoms with Crippen LogP contribution in [0.3, 0.4) is 0 Å². The van der Waals surface area contributed by atoms with Crippen molar-refractivity contribution in [3.05, 3.63) is 71.9 Å². The second-order valence-electron chi connectivity index (χ2n) is 8.64. The summed E-state index contributed by atoms with van der Waals surface area (Å²) in [6.45, 7) is 3.13. The largest absolute Gasteiger partial charge is 0.378 e. The third kappa shape index (κ3) is 5.05. The van der Waals surface area contributed by atoms with E-state index >= 15 is 0 Å². The molecule has 0 spiro atoms. The van der Waals surface area contributed by atoms with Gasteiger partial charge in [-0.2, -0.15) is 0 Å². The van der Waals surface area contributed by atoms with E-state index in [4.69, 9.17) is 9.72 Å². The van der Waals surface area contributed by atoms with Crippen molar-refractivity contribution in [1.82, 2.24) is 10.3 Å². The number of nitrogens with one attached hydrogen (secondary N) is 3. The molecule has 1 saturated heterocycles. The molecule has 3 N–H and O–H groups in total. The van der Waals surface area contributed by atoms with Gasteiger partial charge in [0.15, 0.2) is 9.84 Å². The number of carbonyl (C=O) groups excluding carboxylic acids is 1. The predicted octanol–water partition coefficient (Wildman–Crippen LogP) is 3.62. The fourth-order valence-corrected chi connectivity index (χ4v) is 5.22. The first-order chi connectivity index (χ1) is 17.4. The number of benzene rings is 2. The molecule has 0 radical (unpaired) electrons. The lowest BCUT2D eigenvalue weighted by molar-refractivity contribution is -0.109. The monoisotopic (exact) mass is 505 g/mol. The summed E-state index contributed by atoms with van der Waals surface area (Å²) in [5.74, 6) is 0.952. The number of nitrogens with zero attached hydrogens (tertiary/aromatic N) is 2. The Bertz CT molecular complexity index is 1400. The smallest absolute Gasteiger partial charge is 0.177 e. The van der Waals surface area contributed by atoms with Crippen molar-refractivity contribution in [2.45, 2.75) is 10.9 Å². The molecule has 0 bridgehead atoms. The van der Waals surface area contributed by atoms with Crippen LogP contribution in [0.25, 0.3) is 6.08 Å². The van der Waals surface area contributed by atoms with Crippen LogP contribution in [0.1, 0.15) is 17.2 Å². The van der Waals surface area contributed by atoms with E-state index in [1.165, 1.54) is 6.26 Å². The third-order valence-corrected chi connectivity index (χ3v) is 7.29. The Balaban J connectivity index is 1.49. The van der Waals surface area contributed by atoms with Crippen LogP contribution in [0.15, 0.2) is 65.7 Å². The highest BCUT2D eigenvalue weighted by molar-refractivity contribution is 7.90. The van der Waals surface area contributed by atoms with E-state index in [0.717, 1.165) is 36.3 Å². The summed E-state index contributed by atoms with van der Waals surface area (Å²) in [4.78, 5) is 19.0. The molecule has 9 nitrogen and oxygen atoms in total. The predicted molar refractivity (Wildman–Crippen MR) is 141 cm³/mol. The molecule has 5 rings (SSSR count).